The van der Waals surface area contributed by atoms with E-state index in [-0.39, 0.29) is 11.7 Å². The van der Waals surface area contributed by atoms with E-state index in [1.165, 1.54) is 0 Å². The zero-order valence-electron chi connectivity index (χ0n) is 8.06. The Hall–Kier alpha value is -1.23. The number of hydrogen-bond acceptors (Lipinski definition) is 5. The summed E-state index contributed by atoms with van der Waals surface area (Å²) in [7, 11) is 0. The number of hydrogen-bond donors (Lipinski definition) is 1. The van der Waals surface area contributed by atoms with Crippen LogP contribution in [-0.2, 0) is 0 Å². The van der Waals surface area contributed by atoms with Crippen molar-refractivity contribution in [3.05, 3.63) is 11.7 Å². The topological polar surface area (TPSA) is 82.0 Å². The molecule has 0 unspecified atom stereocenters. The summed E-state index contributed by atoms with van der Waals surface area (Å²) < 4.78 is 4.86. The lowest BCUT2D eigenvalue weighted by atomic mass is 10.1. The van der Waals surface area contributed by atoms with Crippen molar-refractivity contribution in [3.63, 3.8) is 0 Å². The summed E-state index contributed by atoms with van der Waals surface area (Å²) in [6.07, 6.45) is 2.76. The number of rotatable bonds is 4. The third-order valence-corrected chi connectivity index (χ3v) is 2.37. The van der Waals surface area contributed by atoms with Crippen molar-refractivity contribution < 1.29 is 9.32 Å². The molecule has 1 fully saturated rings. The Morgan fingerprint density at radius 1 is 1.71 bits per heavy atom. The van der Waals surface area contributed by atoms with Crippen molar-refractivity contribution in [1.82, 2.24) is 10.1 Å². The molecule has 1 aliphatic carbocycles. The summed E-state index contributed by atoms with van der Waals surface area (Å²) in [5.74, 6) is 0.850. The summed E-state index contributed by atoms with van der Waals surface area (Å²) in [5.41, 5.74) is 5.57. The molecule has 5 nitrogen and oxygen atoms in total. The largest absolute Gasteiger partial charge is 0.331 e. The highest BCUT2D eigenvalue weighted by Crippen LogP contribution is 2.38. The first-order chi connectivity index (χ1) is 6.72. The molecule has 0 bridgehead atoms. The van der Waals surface area contributed by atoms with E-state index in [1.54, 1.807) is 0 Å². The van der Waals surface area contributed by atoms with E-state index in [4.69, 9.17) is 10.3 Å². The van der Waals surface area contributed by atoms with Crippen LogP contribution in [0.4, 0.5) is 0 Å². The van der Waals surface area contributed by atoms with Crippen LogP contribution in [0.15, 0.2) is 4.52 Å². The van der Waals surface area contributed by atoms with Crippen molar-refractivity contribution in [3.8, 4) is 0 Å². The van der Waals surface area contributed by atoms with Crippen molar-refractivity contribution in [2.24, 2.45) is 5.73 Å². The minimum absolute atomic E-state index is 0.0567. The van der Waals surface area contributed by atoms with E-state index in [0.717, 1.165) is 12.8 Å². The van der Waals surface area contributed by atoms with Gasteiger partial charge < -0.3 is 10.3 Å². The molecule has 0 aromatic carbocycles. The van der Waals surface area contributed by atoms with Crippen molar-refractivity contribution >= 4 is 5.78 Å². The van der Waals surface area contributed by atoms with Crippen molar-refractivity contribution in [1.29, 1.82) is 0 Å². The SMILES string of the molecule is CC[C@H](N)C(=O)c1nc(C2CC2)no1. The number of Topliss-reactive ketones (excluding diaryl/α,β-unsaturated/α-hetero) is 1. The van der Waals surface area contributed by atoms with Crippen molar-refractivity contribution in [2.45, 2.75) is 38.1 Å². The Bertz CT molecular complexity index is 344. The Labute approximate surface area is 81.7 Å². The van der Waals surface area contributed by atoms with Gasteiger partial charge in [-0.2, -0.15) is 4.98 Å². The molecule has 2 N–H and O–H groups in total. The summed E-state index contributed by atoms with van der Waals surface area (Å²) >= 11 is 0. The Morgan fingerprint density at radius 3 is 3.00 bits per heavy atom. The number of aromatic nitrogens is 2. The summed E-state index contributed by atoms with van der Waals surface area (Å²) in [4.78, 5) is 15.5. The van der Waals surface area contributed by atoms with Crippen LogP contribution in [0.25, 0.3) is 0 Å². The maximum absolute atomic E-state index is 11.5. The number of carbonyl (C=O) groups excluding carboxylic acids is 1. The van der Waals surface area contributed by atoms with E-state index in [9.17, 15) is 4.79 Å². The zero-order valence-corrected chi connectivity index (χ0v) is 8.06. The molecule has 0 spiro atoms. The van der Waals surface area contributed by atoms with Gasteiger partial charge in [-0.1, -0.05) is 12.1 Å². The molecule has 76 valence electrons. The third-order valence-electron chi connectivity index (χ3n) is 2.37. The normalized spacial score (nSPS) is 18.1. The minimum atomic E-state index is -0.525. The van der Waals surface area contributed by atoms with Gasteiger partial charge in [-0.25, -0.2) is 0 Å². The standard InChI is InChI=1S/C9H13N3O2/c1-2-6(10)7(13)9-11-8(12-14-9)5-3-4-5/h5-6H,2-4,10H2,1H3/t6-/m0/s1. The first-order valence-electron chi connectivity index (χ1n) is 4.85. The molecular weight excluding hydrogens is 182 g/mol. The van der Waals surface area contributed by atoms with Crippen LogP contribution < -0.4 is 5.73 Å². The monoisotopic (exact) mass is 195 g/mol. The Balaban J connectivity index is 2.11. The van der Waals surface area contributed by atoms with E-state index < -0.39 is 6.04 Å². The maximum Gasteiger partial charge on any atom is 0.295 e. The van der Waals surface area contributed by atoms with E-state index in [2.05, 4.69) is 10.1 Å². The molecule has 1 saturated carbocycles. The molecule has 1 atom stereocenters. The van der Waals surface area contributed by atoms with E-state index in [1.807, 2.05) is 6.92 Å². The average molecular weight is 195 g/mol. The molecular formula is C9H13N3O2. The van der Waals surface area contributed by atoms with Crippen LogP contribution in [0.5, 0.6) is 0 Å². The van der Waals surface area contributed by atoms with E-state index in [0.29, 0.717) is 18.2 Å². The number of nitrogens with zero attached hydrogens (tertiary/aromatic N) is 2. The van der Waals surface area contributed by atoms with Gasteiger partial charge in [0, 0.05) is 5.92 Å². The molecule has 1 aromatic rings. The lowest BCUT2D eigenvalue weighted by Crippen LogP contribution is -2.29. The van der Waals surface area contributed by atoms with Crippen LogP contribution in [0, 0.1) is 0 Å². The number of carbonyl (C=O) groups is 1. The Morgan fingerprint density at radius 2 is 2.43 bits per heavy atom. The van der Waals surface area contributed by atoms with Crippen LogP contribution in [0.2, 0.25) is 0 Å². The predicted octanol–water partition coefficient (Wildman–Crippen LogP) is 0.867. The summed E-state index contributed by atoms with van der Waals surface area (Å²) in [6.45, 7) is 1.85. The van der Waals surface area contributed by atoms with Crippen LogP contribution in [0.1, 0.15) is 48.6 Å². The second kappa shape index (κ2) is 3.49. The second-order valence-electron chi connectivity index (χ2n) is 3.61. The van der Waals surface area contributed by atoms with Gasteiger partial charge in [0.15, 0.2) is 5.82 Å². The molecule has 2 rings (SSSR count). The van der Waals surface area contributed by atoms with Crippen molar-refractivity contribution in [2.75, 3.05) is 0 Å². The third kappa shape index (κ3) is 1.68. The number of nitrogens with two attached hydrogens (primary N) is 1. The van der Waals surface area contributed by atoms with E-state index >= 15 is 0 Å². The van der Waals surface area contributed by atoms with Gasteiger partial charge in [-0.05, 0) is 19.3 Å². The second-order valence-corrected chi connectivity index (χ2v) is 3.61. The highest BCUT2D eigenvalue weighted by molar-refractivity contribution is 5.95. The van der Waals surface area contributed by atoms with Gasteiger partial charge in [0.05, 0.1) is 6.04 Å². The molecule has 14 heavy (non-hydrogen) atoms. The van der Waals surface area contributed by atoms with Gasteiger partial charge in [-0.15, -0.1) is 0 Å². The zero-order chi connectivity index (χ0) is 10.1. The first kappa shape index (κ1) is 9.33. The smallest absolute Gasteiger partial charge is 0.295 e. The molecule has 0 radical (unpaired) electrons. The van der Waals surface area contributed by atoms with Gasteiger partial charge in [0.2, 0.25) is 5.78 Å². The van der Waals surface area contributed by atoms with Gasteiger partial charge in [0.25, 0.3) is 5.89 Å². The molecule has 1 aromatic heterocycles. The predicted molar refractivity (Wildman–Crippen MR) is 48.9 cm³/mol. The van der Waals surface area contributed by atoms with Crippen LogP contribution in [-0.4, -0.2) is 22.0 Å². The van der Waals surface area contributed by atoms with Gasteiger partial charge in [0.1, 0.15) is 0 Å². The molecule has 5 heteroatoms. The fourth-order valence-electron chi connectivity index (χ4n) is 1.19. The molecule has 0 amide bonds. The van der Waals surface area contributed by atoms with Gasteiger partial charge in [-0.3, -0.25) is 4.79 Å². The van der Waals surface area contributed by atoms with Crippen LogP contribution >= 0.6 is 0 Å². The Kier molecular flexibility index (Phi) is 2.33. The fraction of sp³-hybridized carbons (Fsp3) is 0.667. The fourth-order valence-corrected chi connectivity index (χ4v) is 1.19. The quantitative estimate of drug-likeness (QED) is 0.721. The summed E-state index contributed by atoms with van der Waals surface area (Å²) in [5, 5.41) is 3.75. The molecule has 0 aliphatic heterocycles. The lowest BCUT2D eigenvalue weighted by Gasteiger charge is -2.01. The highest BCUT2D eigenvalue weighted by Gasteiger charge is 2.30. The highest BCUT2D eigenvalue weighted by atomic mass is 16.5. The molecule has 1 aliphatic rings. The summed E-state index contributed by atoms with van der Waals surface area (Å²) in [6, 6.07) is -0.525. The first-order valence-corrected chi connectivity index (χ1v) is 4.85. The minimum Gasteiger partial charge on any atom is -0.331 e. The average Bonchev–Trinajstić information content (AvgIpc) is 2.94. The molecule has 1 heterocycles. The molecule has 0 saturated heterocycles. The maximum atomic E-state index is 11.5. The number of ketones is 1. The lowest BCUT2D eigenvalue weighted by molar-refractivity contribution is 0.0916. The van der Waals surface area contributed by atoms with Gasteiger partial charge >= 0.3 is 0 Å². The van der Waals surface area contributed by atoms with Crippen LogP contribution in [0.3, 0.4) is 0 Å².